The molecular formula is C20H21NO3S. The van der Waals surface area contributed by atoms with Crippen molar-refractivity contribution in [1.82, 2.24) is 4.72 Å². The van der Waals surface area contributed by atoms with Gasteiger partial charge >= 0.3 is 0 Å². The molecule has 0 heterocycles. The molecule has 0 radical (unpaired) electrons. The van der Waals surface area contributed by atoms with Gasteiger partial charge in [0.15, 0.2) is 0 Å². The first-order valence-corrected chi connectivity index (χ1v) is 9.54. The summed E-state index contributed by atoms with van der Waals surface area (Å²) in [6.07, 6.45) is 0. The Morgan fingerprint density at radius 3 is 2.24 bits per heavy atom. The standard InChI is InChI=1S/C20H21NO3S/c1-14-4-6-16(7-5-14)15(2)21-25(22,23)20-11-9-17-12-19(24-3)10-8-18(17)13-20/h4-13,15,21H,1-3H3/t15-/m0/s1. The van der Waals surface area contributed by atoms with Crippen LogP contribution in [-0.4, -0.2) is 15.5 Å². The largest absolute Gasteiger partial charge is 0.497 e. The van der Waals surface area contributed by atoms with Gasteiger partial charge in [-0.25, -0.2) is 13.1 Å². The SMILES string of the molecule is COc1ccc2cc(S(=O)(=O)N[C@@H](C)c3ccc(C)cc3)ccc2c1. The number of sulfonamides is 1. The fraction of sp³-hybridized carbons (Fsp3) is 0.200. The minimum atomic E-state index is -3.61. The Labute approximate surface area is 148 Å². The van der Waals surface area contributed by atoms with Gasteiger partial charge < -0.3 is 4.74 Å². The summed E-state index contributed by atoms with van der Waals surface area (Å²) in [5.41, 5.74) is 2.07. The molecule has 0 spiro atoms. The van der Waals surface area contributed by atoms with Crippen molar-refractivity contribution in [1.29, 1.82) is 0 Å². The van der Waals surface area contributed by atoms with E-state index < -0.39 is 10.0 Å². The van der Waals surface area contributed by atoms with Crippen LogP contribution in [-0.2, 0) is 10.0 Å². The molecule has 1 N–H and O–H groups in total. The number of ether oxygens (including phenoxy) is 1. The minimum absolute atomic E-state index is 0.254. The predicted molar refractivity (Wildman–Crippen MR) is 100 cm³/mol. The van der Waals surface area contributed by atoms with E-state index in [2.05, 4.69) is 4.72 Å². The van der Waals surface area contributed by atoms with Crippen molar-refractivity contribution < 1.29 is 13.2 Å². The lowest BCUT2D eigenvalue weighted by Gasteiger charge is -2.15. The van der Waals surface area contributed by atoms with E-state index in [-0.39, 0.29) is 10.9 Å². The zero-order valence-corrected chi connectivity index (χ0v) is 15.3. The molecule has 3 aromatic carbocycles. The van der Waals surface area contributed by atoms with E-state index in [9.17, 15) is 8.42 Å². The number of aryl methyl sites for hydroxylation is 1. The third-order valence-corrected chi connectivity index (χ3v) is 5.78. The number of hydrogen-bond donors (Lipinski definition) is 1. The van der Waals surface area contributed by atoms with Crippen molar-refractivity contribution in [3.8, 4) is 5.75 Å². The van der Waals surface area contributed by atoms with Crippen LogP contribution in [0.3, 0.4) is 0 Å². The fourth-order valence-electron chi connectivity index (χ4n) is 2.72. The van der Waals surface area contributed by atoms with Gasteiger partial charge in [-0.2, -0.15) is 0 Å². The van der Waals surface area contributed by atoms with Gasteiger partial charge in [0.25, 0.3) is 0 Å². The summed E-state index contributed by atoms with van der Waals surface area (Å²) in [6.45, 7) is 3.84. The summed E-state index contributed by atoms with van der Waals surface area (Å²) in [4.78, 5) is 0.254. The lowest BCUT2D eigenvalue weighted by molar-refractivity contribution is 0.415. The van der Waals surface area contributed by atoms with Gasteiger partial charge in [-0.1, -0.05) is 42.0 Å². The van der Waals surface area contributed by atoms with E-state index in [0.717, 1.165) is 27.6 Å². The maximum Gasteiger partial charge on any atom is 0.241 e. The molecule has 0 aromatic heterocycles. The van der Waals surface area contributed by atoms with E-state index >= 15 is 0 Å². The highest BCUT2D eigenvalue weighted by atomic mass is 32.2. The second kappa shape index (κ2) is 6.86. The zero-order valence-electron chi connectivity index (χ0n) is 14.5. The highest BCUT2D eigenvalue weighted by Gasteiger charge is 2.18. The number of rotatable bonds is 5. The summed E-state index contributed by atoms with van der Waals surface area (Å²) in [5.74, 6) is 0.745. The maximum atomic E-state index is 12.7. The molecule has 0 saturated heterocycles. The topological polar surface area (TPSA) is 55.4 Å². The first-order valence-electron chi connectivity index (χ1n) is 8.06. The molecular weight excluding hydrogens is 334 g/mol. The Bertz CT molecular complexity index is 995. The average Bonchev–Trinajstić information content (AvgIpc) is 2.60. The van der Waals surface area contributed by atoms with Crippen LogP contribution in [0.1, 0.15) is 24.1 Å². The molecule has 25 heavy (non-hydrogen) atoms. The molecule has 0 amide bonds. The summed E-state index contributed by atoms with van der Waals surface area (Å²) < 4.78 is 33.4. The Morgan fingerprint density at radius 2 is 1.56 bits per heavy atom. The van der Waals surface area contributed by atoms with Gasteiger partial charge in [-0.05, 0) is 54.4 Å². The van der Waals surface area contributed by atoms with Crippen LogP contribution in [0.25, 0.3) is 10.8 Å². The van der Waals surface area contributed by atoms with E-state index in [1.54, 1.807) is 25.3 Å². The first kappa shape index (κ1) is 17.5. The van der Waals surface area contributed by atoms with E-state index in [1.165, 1.54) is 0 Å². The van der Waals surface area contributed by atoms with Crippen molar-refractivity contribution in [3.05, 3.63) is 71.8 Å². The van der Waals surface area contributed by atoms with Crippen LogP contribution in [0.15, 0.2) is 65.6 Å². The molecule has 0 aliphatic carbocycles. The Morgan fingerprint density at radius 1 is 0.920 bits per heavy atom. The molecule has 0 saturated carbocycles. The molecule has 0 aliphatic heterocycles. The lowest BCUT2D eigenvalue weighted by Crippen LogP contribution is -2.26. The average molecular weight is 355 g/mol. The van der Waals surface area contributed by atoms with Crippen LogP contribution < -0.4 is 9.46 Å². The van der Waals surface area contributed by atoms with Crippen molar-refractivity contribution in [2.45, 2.75) is 24.8 Å². The number of methoxy groups -OCH3 is 1. The van der Waals surface area contributed by atoms with Crippen LogP contribution in [0.2, 0.25) is 0 Å². The van der Waals surface area contributed by atoms with Crippen LogP contribution in [0.4, 0.5) is 0 Å². The highest BCUT2D eigenvalue weighted by Crippen LogP contribution is 2.24. The van der Waals surface area contributed by atoms with Gasteiger partial charge in [-0.3, -0.25) is 0 Å². The lowest BCUT2D eigenvalue weighted by atomic mass is 10.1. The summed E-state index contributed by atoms with van der Waals surface area (Å²) in [7, 11) is -2.00. The van der Waals surface area contributed by atoms with Gasteiger partial charge in [-0.15, -0.1) is 0 Å². The Kier molecular flexibility index (Phi) is 4.79. The van der Waals surface area contributed by atoms with E-state index in [0.29, 0.717) is 0 Å². The second-order valence-electron chi connectivity index (χ2n) is 6.13. The second-order valence-corrected chi connectivity index (χ2v) is 7.84. The number of fused-ring (bicyclic) bond motifs is 1. The van der Waals surface area contributed by atoms with Crippen LogP contribution >= 0.6 is 0 Å². The molecule has 0 bridgehead atoms. The third kappa shape index (κ3) is 3.83. The zero-order chi connectivity index (χ0) is 18.0. The van der Waals surface area contributed by atoms with E-state index in [4.69, 9.17) is 4.74 Å². The molecule has 0 fully saturated rings. The molecule has 0 unspecified atom stereocenters. The summed E-state index contributed by atoms with van der Waals surface area (Å²) in [5, 5.41) is 1.79. The fourth-order valence-corrected chi connectivity index (χ4v) is 3.99. The number of hydrogen-bond acceptors (Lipinski definition) is 3. The van der Waals surface area contributed by atoms with Gasteiger partial charge in [0.05, 0.1) is 12.0 Å². The molecule has 5 heteroatoms. The first-order chi connectivity index (χ1) is 11.9. The van der Waals surface area contributed by atoms with Crippen molar-refractivity contribution in [2.24, 2.45) is 0 Å². The highest BCUT2D eigenvalue weighted by molar-refractivity contribution is 7.89. The van der Waals surface area contributed by atoms with Crippen LogP contribution in [0, 0.1) is 6.92 Å². The molecule has 1 atom stereocenters. The van der Waals surface area contributed by atoms with Crippen molar-refractivity contribution in [3.63, 3.8) is 0 Å². The normalized spacial score (nSPS) is 12.9. The van der Waals surface area contributed by atoms with Crippen molar-refractivity contribution in [2.75, 3.05) is 7.11 Å². The molecule has 3 aromatic rings. The Balaban J connectivity index is 1.88. The number of benzene rings is 3. The smallest absolute Gasteiger partial charge is 0.241 e. The van der Waals surface area contributed by atoms with Gasteiger partial charge in [0, 0.05) is 6.04 Å². The molecule has 4 nitrogen and oxygen atoms in total. The predicted octanol–water partition coefficient (Wildman–Crippen LogP) is 4.20. The van der Waals surface area contributed by atoms with Gasteiger partial charge in [0.2, 0.25) is 10.0 Å². The Hall–Kier alpha value is -2.37. The molecule has 0 aliphatic rings. The maximum absolute atomic E-state index is 12.7. The van der Waals surface area contributed by atoms with Crippen molar-refractivity contribution >= 4 is 20.8 Å². The quantitative estimate of drug-likeness (QED) is 0.746. The number of nitrogens with one attached hydrogen (secondary N) is 1. The van der Waals surface area contributed by atoms with Crippen LogP contribution in [0.5, 0.6) is 5.75 Å². The molecule has 130 valence electrons. The monoisotopic (exact) mass is 355 g/mol. The van der Waals surface area contributed by atoms with E-state index in [1.807, 2.05) is 56.3 Å². The summed E-state index contributed by atoms with van der Waals surface area (Å²) in [6, 6.07) is 18.2. The van der Waals surface area contributed by atoms with Gasteiger partial charge in [0.1, 0.15) is 5.75 Å². The molecule has 3 rings (SSSR count). The third-order valence-electron chi connectivity index (χ3n) is 4.24. The summed E-state index contributed by atoms with van der Waals surface area (Å²) >= 11 is 0. The minimum Gasteiger partial charge on any atom is -0.497 e.